The van der Waals surface area contributed by atoms with E-state index < -0.39 is 0 Å². The van der Waals surface area contributed by atoms with Crippen molar-refractivity contribution in [2.24, 2.45) is 0 Å². The van der Waals surface area contributed by atoms with Crippen LogP contribution in [0.1, 0.15) is 40.0 Å². The molecule has 2 N–H and O–H groups in total. The molecule has 0 unspecified atom stereocenters. The number of hydrogen-bond donors (Lipinski definition) is 2. The first-order valence-corrected chi connectivity index (χ1v) is 5.12. The Bertz CT molecular complexity index is 191. The normalized spacial score (nSPS) is 10.0. The van der Waals surface area contributed by atoms with E-state index in [4.69, 9.17) is 0 Å². The lowest BCUT2D eigenvalue weighted by Crippen LogP contribution is -2.31. The molecule has 0 aliphatic rings. The van der Waals surface area contributed by atoms with Crippen molar-refractivity contribution in [1.29, 1.82) is 0 Å². The molecular formula is C10H20N2O2. The minimum absolute atomic E-state index is 0.0364. The summed E-state index contributed by atoms with van der Waals surface area (Å²) < 4.78 is 0. The molecule has 0 heterocycles. The molecule has 82 valence electrons. The Labute approximate surface area is 85.4 Å². The van der Waals surface area contributed by atoms with Gasteiger partial charge in [0.15, 0.2) is 0 Å². The van der Waals surface area contributed by atoms with Gasteiger partial charge in [0, 0.05) is 25.4 Å². The van der Waals surface area contributed by atoms with Crippen LogP contribution in [0.2, 0.25) is 0 Å². The van der Waals surface area contributed by atoms with Crippen molar-refractivity contribution in [3.8, 4) is 0 Å². The molecule has 0 saturated heterocycles. The zero-order valence-corrected chi connectivity index (χ0v) is 9.22. The van der Waals surface area contributed by atoms with Crippen LogP contribution in [-0.2, 0) is 9.59 Å². The fourth-order valence-corrected chi connectivity index (χ4v) is 0.996. The predicted molar refractivity (Wildman–Crippen MR) is 55.8 cm³/mol. The maximum absolute atomic E-state index is 11.1. The molecule has 4 nitrogen and oxygen atoms in total. The van der Waals surface area contributed by atoms with Crippen molar-refractivity contribution in [2.45, 2.75) is 46.1 Å². The Balaban J connectivity index is 3.36. The quantitative estimate of drug-likeness (QED) is 0.624. The maximum atomic E-state index is 11.1. The van der Waals surface area contributed by atoms with Gasteiger partial charge in [-0.1, -0.05) is 6.92 Å². The molecule has 0 fully saturated rings. The first-order valence-electron chi connectivity index (χ1n) is 5.12. The van der Waals surface area contributed by atoms with Gasteiger partial charge in [-0.25, -0.2) is 0 Å². The topological polar surface area (TPSA) is 58.2 Å². The average molecular weight is 200 g/mol. The van der Waals surface area contributed by atoms with Gasteiger partial charge in [-0.2, -0.15) is 0 Å². The zero-order chi connectivity index (χ0) is 11.0. The molecule has 0 aliphatic carbocycles. The van der Waals surface area contributed by atoms with E-state index in [1.165, 1.54) is 0 Å². The molecule has 0 aliphatic heterocycles. The van der Waals surface area contributed by atoms with Gasteiger partial charge in [-0.05, 0) is 20.3 Å². The minimum atomic E-state index is 0.0364. The lowest BCUT2D eigenvalue weighted by molar-refractivity contribution is -0.123. The second kappa shape index (κ2) is 7.35. The molecule has 0 aromatic heterocycles. The highest BCUT2D eigenvalue weighted by molar-refractivity contribution is 5.77. The van der Waals surface area contributed by atoms with E-state index in [0.717, 1.165) is 0 Å². The van der Waals surface area contributed by atoms with E-state index in [1.54, 1.807) is 6.92 Å². The van der Waals surface area contributed by atoms with Crippen molar-refractivity contribution in [3.05, 3.63) is 0 Å². The largest absolute Gasteiger partial charge is 0.356 e. The summed E-state index contributed by atoms with van der Waals surface area (Å²) in [4.78, 5) is 22.0. The summed E-state index contributed by atoms with van der Waals surface area (Å²) in [6, 6.07) is 0.188. The van der Waals surface area contributed by atoms with Gasteiger partial charge in [-0.15, -0.1) is 0 Å². The van der Waals surface area contributed by atoms with Crippen molar-refractivity contribution in [2.75, 3.05) is 6.54 Å². The van der Waals surface area contributed by atoms with Gasteiger partial charge in [0.05, 0.1) is 0 Å². The number of carbonyl (C=O) groups excluding carboxylic acids is 2. The number of rotatable bonds is 6. The highest BCUT2D eigenvalue weighted by Crippen LogP contribution is 1.89. The first-order chi connectivity index (χ1) is 6.56. The Morgan fingerprint density at radius 3 is 2.36 bits per heavy atom. The van der Waals surface area contributed by atoms with Gasteiger partial charge in [0.25, 0.3) is 0 Å². The molecule has 2 amide bonds. The Morgan fingerprint density at radius 1 is 1.21 bits per heavy atom. The lowest BCUT2D eigenvalue weighted by atomic mass is 10.2. The summed E-state index contributed by atoms with van der Waals surface area (Å²) in [6.45, 7) is 6.24. The van der Waals surface area contributed by atoms with Crippen molar-refractivity contribution in [1.82, 2.24) is 10.6 Å². The number of nitrogens with one attached hydrogen (secondary N) is 2. The van der Waals surface area contributed by atoms with Crippen LogP contribution in [0.15, 0.2) is 0 Å². The SMILES string of the molecule is CCC(=O)NCCCC(=O)NC(C)C. The molecular weight excluding hydrogens is 180 g/mol. The summed E-state index contributed by atoms with van der Waals surface area (Å²) in [7, 11) is 0. The van der Waals surface area contributed by atoms with Crippen LogP contribution in [-0.4, -0.2) is 24.4 Å². The van der Waals surface area contributed by atoms with Crippen LogP contribution >= 0.6 is 0 Å². The van der Waals surface area contributed by atoms with Crippen molar-refractivity contribution < 1.29 is 9.59 Å². The third-order valence-electron chi connectivity index (χ3n) is 1.67. The summed E-state index contributed by atoms with van der Waals surface area (Å²) in [5.41, 5.74) is 0. The molecule has 0 spiro atoms. The Kier molecular flexibility index (Phi) is 6.80. The third-order valence-corrected chi connectivity index (χ3v) is 1.67. The lowest BCUT2D eigenvalue weighted by Gasteiger charge is -2.08. The van der Waals surface area contributed by atoms with Crippen LogP contribution in [0.5, 0.6) is 0 Å². The highest BCUT2D eigenvalue weighted by Gasteiger charge is 2.02. The zero-order valence-electron chi connectivity index (χ0n) is 9.22. The molecule has 14 heavy (non-hydrogen) atoms. The van der Waals surface area contributed by atoms with Gasteiger partial charge in [-0.3, -0.25) is 9.59 Å². The van der Waals surface area contributed by atoms with Crippen LogP contribution in [0.3, 0.4) is 0 Å². The second-order valence-electron chi connectivity index (χ2n) is 3.53. The Hall–Kier alpha value is -1.06. The van der Waals surface area contributed by atoms with Gasteiger partial charge in [0.2, 0.25) is 11.8 Å². The number of amides is 2. The third kappa shape index (κ3) is 7.58. The maximum Gasteiger partial charge on any atom is 0.220 e. The molecule has 0 aromatic carbocycles. The average Bonchev–Trinajstić information content (AvgIpc) is 2.10. The molecule has 0 saturated carbocycles. The molecule has 0 atom stereocenters. The van der Waals surface area contributed by atoms with Crippen LogP contribution < -0.4 is 10.6 Å². The van der Waals surface area contributed by atoms with E-state index >= 15 is 0 Å². The van der Waals surface area contributed by atoms with Gasteiger partial charge < -0.3 is 10.6 Å². The number of carbonyl (C=O) groups is 2. The van der Waals surface area contributed by atoms with Crippen molar-refractivity contribution >= 4 is 11.8 Å². The molecule has 0 rings (SSSR count). The number of hydrogen-bond acceptors (Lipinski definition) is 2. The summed E-state index contributed by atoms with van der Waals surface area (Å²) >= 11 is 0. The molecule has 4 heteroatoms. The molecule has 0 aromatic rings. The summed E-state index contributed by atoms with van der Waals surface area (Å²) in [6.07, 6.45) is 1.67. The highest BCUT2D eigenvalue weighted by atomic mass is 16.2. The van der Waals surface area contributed by atoms with Crippen LogP contribution in [0, 0.1) is 0 Å². The van der Waals surface area contributed by atoms with Gasteiger partial charge in [0.1, 0.15) is 0 Å². The summed E-state index contributed by atoms with van der Waals surface area (Å²) in [5, 5.41) is 5.52. The fourth-order valence-electron chi connectivity index (χ4n) is 0.996. The smallest absolute Gasteiger partial charge is 0.220 e. The minimum Gasteiger partial charge on any atom is -0.356 e. The predicted octanol–water partition coefficient (Wildman–Crippen LogP) is 0.817. The van der Waals surface area contributed by atoms with Crippen molar-refractivity contribution in [3.63, 3.8) is 0 Å². The van der Waals surface area contributed by atoms with E-state index in [0.29, 0.717) is 25.8 Å². The monoisotopic (exact) mass is 200 g/mol. The Morgan fingerprint density at radius 2 is 1.86 bits per heavy atom. The molecule has 0 bridgehead atoms. The van der Waals surface area contributed by atoms with E-state index in [-0.39, 0.29) is 17.9 Å². The standard InChI is InChI=1S/C10H20N2O2/c1-4-9(13)11-7-5-6-10(14)12-8(2)3/h8H,4-7H2,1-3H3,(H,11,13)(H,12,14). The van der Waals surface area contributed by atoms with Crippen LogP contribution in [0.25, 0.3) is 0 Å². The van der Waals surface area contributed by atoms with E-state index in [1.807, 2.05) is 13.8 Å². The van der Waals surface area contributed by atoms with E-state index in [9.17, 15) is 9.59 Å². The second-order valence-corrected chi connectivity index (χ2v) is 3.53. The van der Waals surface area contributed by atoms with Crippen LogP contribution in [0.4, 0.5) is 0 Å². The first kappa shape index (κ1) is 12.9. The fraction of sp³-hybridized carbons (Fsp3) is 0.800. The summed E-state index contributed by atoms with van der Waals surface area (Å²) in [5.74, 6) is 0.0833. The van der Waals surface area contributed by atoms with Gasteiger partial charge >= 0.3 is 0 Å². The molecule has 0 radical (unpaired) electrons. The van der Waals surface area contributed by atoms with E-state index in [2.05, 4.69) is 10.6 Å².